The van der Waals surface area contributed by atoms with Crippen molar-refractivity contribution in [3.63, 3.8) is 0 Å². The zero-order chi connectivity index (χ0) is 32.2. The summed E-state index contributed by atoms with van der Waals surface area (Å²) in [5.41, 5.74) is 0. The molecule has 0 aliphatic carbocycles. The minimum Gasteiger partial charge on any atom is -0.481 e. The van der Waals surface area contributed by atoms with E-state index in [-0.39, 0.29) is 12.1 Å². The molecule has 254 valence electrons. The van der Waals surface area contributed by atoms with Crippen molar-refractivity contribution in [1.82, 2.24) is 0 Å². The maximum atomic E-state index is 12.6. The third kappa shape index (κ3) is 34.4. The van der Waals surface area contributed by atoms with Crippen LogP contribution in [0.2, 0.25) is 0 Å². The standard InChI is InChI=1S/C40H70O4/c1-3-5-7-9-11-12-13-14-15-16-17-21-25-29-33-37-40(43)44-38(34-30-26-22-10-8-6-4-2)35-31-27-23-19-18-20-24-28-32-36-39(41)42/h5,7,11-12,14-15,17,21,38H,3-4,6,8-10,13,16,18-20,22-37H2,1-2H3,(H,41,42)/b7-5-,12-11-,15-14-,21-17-. The fraction of sp³-hybridized carbons (Fsp3) is 0.750. The summed E-state index contributed by atoms with van der Waals surface area (Å²) in [5, 5.41) is 8.71. The molecule has 0 rings (SSSR count). The lowest BCUT2D eigenvalue weighted by Crippen LogP contribution is -2.18. The smallest absolute Gasteiger partial charge is 0.306 e. The fourth-order valence-corrected chi connectivity index (χ4v) is 5.35. The van der Waals surface area contributed by atoms with Crippen LogP contribution in [0.15, 0.2) is 48.6 Å². The van der Waals surface area contributed by atoms with Crippen molar-refractivity contribution in [3.8, 4) is 0 Å². The molecule has 0 amide bonds. The fourth-order valence-electron chi connectivity index (χ4n) is 5.35. The maximum absolute atomic E-state index is 12.6. The number of carbonyl (C=O) groups is 2. The topological polar surface area (TPSA) is 63.6 Å². The second kappa shape index (κ2) is 35.4. The van der Waals surface area contributed by atoms with Crippen LogP contribution >= 0.6 is 0 Å². The summed E-state index contributed by atoms with van der Waals surface area (Å²) in [6, 6.07) is 0. The second-order valence-electron chi connectivity index (χ2n) is 12.4. The van der Waals surface area contributed by atoms with Gasteiger partial charge >= 0.3 is 11.9 Å². The summed E-state index contributed by atoms with van der Waals surface area (Å²) >= 11 is 0. The van der Waals surface area contributed by atoms with Crippen molar-refractivity contribution in [2.45, 2.75) is 193 Å². The maximum Gasteiger partial charge on any atom is 0.306 e. The predicted octanol–water partition coefficient (Wildman–Crippen LogP) is 12.8. The first-order valence-corrected chi connectivity index (χ1v) is 18.6. The molecule has 44 heavy (non-hydrogen) atoms. The number of rotatable bonds is 33. The van der Waals surface area contributed by atoms with Gasteiger partial charge < -0.3 is 9.84 Å². The first kappa shape index (κ1) is 41.9. The molecule has 0 aliphatic rings. The zero-order valence-corrected chi connectivity index (χ0v) is 29.0. The second-order valence-corrected chi connectivity index (χ2v) is 12.4. The highest BCUT2D eigenvalue weighted by Crippen LogP contribution is 2.18. The van der Waals surface area contributed by atoms with Crippen LogP contribution in [0.5, 0.6) is 0 Å². The zero-order valence-electron chi connectivity index (χ0n) is 29.0. The Labute approximate surface area is 272 Å². The molecule has 0 aromatic carbocycles. The lowest BCUT2D eigenvalue weighted by atomic mass is 10.0. The number of aliphatic carboxylic acids is 1. The summed E-state index contributed by atoms with van der Waals surface area (Å²) in [5.74, 6) is -0.690. The van der Waals surface area contributed by atoms with E-state index in [1.54, 1.807) is 0 Å². The molecule has 0 fully saturated rings. The highest BCUT2D eigenvalue weighted by atomic mass is 16.5. The van der Waals surface area contributed by atoms with Gasteiger partial charge in [-0.1, -0.05) is 146 Å². The first-order valence-electron chi connectivity index (χ1n) is 18.6. The summed E-state index contributed by atoms with van der Waals surface area (Å²) in [6.07, 6.45) is 47.0. The predicted molar refractivity (Wildman–Crippen MR) is 190 cm³/mol. The van der Waals surface area contributed by atoms with E-state index in [0.29, 0.717) is 12.8 Å². The third-order valence-electron chi connectivity index (χ3n) is 8.07. The number of allylic oxidation sites excluding steroid dienone is 8. The summed E-state index contributed by atoms with van der Waals surface area (Å²) in [4.78, 5) is 23.2. The molecule has 1 atom stereocenters. The van der Waals surface area contributed by atoms with E-state index in [0.717, 1.165) is 89.9 Å². The van der Waals surface area contributed by atoms with Gasteiger partial charge in [-0.3, -0.25) is 9.59 Å². The normalized spacial score (nSPS) is 12.8. The molecule has 0 radical (unpaired) electrons. The molecule has 0 aromatic heterocycles. The SMILES string of the molecule is CC/C=C\C/C=C\C/C=C\C/C=C\CCCCC(=O)OC(CCCCCCCCC)CCCCCCCCCCCC(=O)O. The summed E-state index contributed by atoms with van der Waals surface area (Å²) < 4.78 is 6.00. The van der Waals surface area contributed by atoms with Crippen LogP contribution in [0.25, 0.3) is 0 Å². The van der Waals surface area contributed by atoms with Crippen molar-refractivity contribution in [2.75, 3.05) is 0 Å². The number of hydrogen-bond donors (Lipinski definition) is 1. The van der Waals surface area contributed by atoms with Crippen molar-refractivity contribution in [2.24, 2.45) is 0 Å². The van der Waals surface area contributed by atoms with E-state index in [4.69, 9.17) is 9.84 Å². The van der Waals surface area contributed by atoms with Gasteiger partial charge in [-0.05, 0) is 77.0 Å². The molecular weight excluding hydrogens is 544 g/mol. The molecule has 0 saturated carbocycles. The van der Waals surface area contributed by atoms with Gasteiger partial charge in [-0.25, -0.2) is 0 Å². The van der Waals surface area contributed by atoms with Crippen LogP contribution in [0, 0.1) is 0 Å². The molecule has 4 nitrogen and oxygen atoms in total. The number of ether oxygens (including phenoxy) is 1. The Hall–Kier alpha value is -2.10. The Bertz CT molecular complexity index is 748. The molecule has 0 bridgehead atoms. The van der Waals surface area contributed by atoms with Crippen LogP contribution < -0.4 is 0 Å². The number of hydrogen-bond acceptors (Lipinski definition) is 3. The summed E-state index contributed by atoms with van der Waals surface area (Å²) in [7, 11) is 0. The molecule has 0 saturated heterocycles. The number of carbonyl (C=O) groups excluding carboxylic acids is 1. The summed E-state index contributed by atoms with van der Waals surface area (Å²) in [6.45, 7) is 4.42. The Morgan fingerprint density at radius 3 is 1.45 bits per heavy atom. The number of unbranched alkanes of at least 4 members (excludes halogenated alkanes) is 16. The van der Waals surface area contributed by atoms with Gasteiger partial charge in [0, 0.05) is 12.8 Å². The van der Waals surface area contributed by atoms with E-state index in [1.807, 2.05) is 0 Å². The van der Waals surface area contributed by atoms with Crippen molar-refractivity contribution in [1.29, 1.82) is 0 Å². The quantitative estimate of drug-likeness (QED) is 0.0454. The van der Waals surface area contributed by atoms with Crippen molar-refractivity contribution < 1.29 is 19.4 Å². The minimum atomic E-state index is -0.682. The molecule has 0 aliphatic heterocycles. The average molecular weight is 615 g/mol. The molecule has 1 unspecified atom stereocenters. The van der Waals surface area contributed by atoms with E-state index >= 15 is 0 Å². The number of carboxylic acids is 1. The Kier molecular flexibility index (Phi) is 33.7. The van der Waals surface area contributed by atoms with Crippen molar-refractivity contribution >= 4 is 11.9 Å². The van der Waals surface area contributed by atoms with Crippen LogP contribution in [0.3, 0.4) is 0 Å². The van der Waals surface area contributed by atoms with Gasteiger partial charge in [0.15, 0.2) is 0 Å². The van der Waals surface area contributed by atoms with E-state index in [2.05, 4.69) is 62.5 Å². The van der Waals surface area contributed by atoms with Gasteiger partial charge in [0.2, 0.25) is 0 Å². The average Bonchev–Trinajstić information content (AvgIpc) is 3.01. The largest absolute Gasteiger partial charge is 0.481 e. The monoisotopic (exact) mass is 615 g/mol. The van der Waals surface area contributed by atoms with E-state index < -0.39 is 5.97 Å². The van der Waals surface area contributed by atoms with E-state index in [1.165, 1.54) is 70.6 Å². The van der Waals surface area contributed by atoms with Gasteiger partial charge in [0.05, 0.1) is 0 Å². The third-order valence-corrected chi connectivity index (χ3v) is 8.07. The van der Waals surface area contributed by atoms with Gasteiger partial charge in [0.25, 0.3) is 0 Å². The first-order chi connectivity index (χ1) is 21.6. The van der Waals surface area contributed by atoms with Crippen LogP contribution in [-0.4, -0.2) is 23.1 Å². The Morgan fingerprint density at radius 2 is 0.955 bits per heavy atom. The van der Waals surface area contributed by atoms with Crippen LogP contribution in [-0.2, 0) is 14.3 Å². The highest BCUT2D eigenvalue weighted by Gasteiger charge is 2.14. The van der Waals surface area contributed by atoms with Crippen LogP contribution in [0.4, 0.5) is 0 Å². The molecular formula is C40H70O4. The molecule has 1 N–H and O–H groups in total. The van der Waals surface area contributed by atoms with Crippen molar-refractivity contribution in [3.05, 3.63) is 48.6 Å². The van der Waals surface area contributed by atoms with E-state index in [9.17, 15) is 9.59 Å². The lowest BCUT2D eigenvalue weighted by molar-refractivity contribution is -0.150. The minimum absolute atomic E-state index is 0.00834. The molecule has 0 spiro atoms. The van der Waals surface area contributed by atoms with Gasteiger partial charge in [-0.15, -0.1) is 0 Å². The van der Waals surface area contributed by atoms with Crippen LogP contribution in [0.1, 0.15) is 187 Å². The number of esters is 1. The Balaban J connectivity index is 4.11. The highest BCUT2D eigenvalue weighted by molar-refractivity contribution is 5.69. The number of carboxylic acid groups (broad SMARTS) is 1. The Morgan fingerprint density at radius 1 is 0.523 bits per heavy atom. The lowest BCUT2D eigenvalue weighted by Gasteiger charge is -2.18. The van der Waals surface area contributed by atoms with Gasteiger partial charge in [-0.2, -0.15) is 0 Å². The molecule has 4 heteroatoms. The van der Waals surface area contributed by atoms with Gasteiger partial charge in [0.1, 0.15) is 6.10 Å². The molecule has 0 heterocycles. The molecule has 0 aromatic rings.